The van der Waals surface area contributed by atoms with Crippen LogP contribution in [-0.2, 0) is 11.2 Å². The fourth-order valence-corrected chi connectivity index (χ4v) is 3.58. The predicted octanol–water partition coefficient (Wildman–Crippen LogP) is 2.14. The Morgan fingerprint density at radius 1 is 1.39 bits per heavy atom. The van der Waals surface area contributed by atoms with Gasteiger partial charge in [0.05, 0.1) is 12.3 Å². The van der Waals surface area contributed by atoms with E-state index in [1.807, 2.05) is 20.9 Å². The Bertz CT molecular complexity index is 533. The second-order valence-corrected chi connectivity index (χ2v) is 6.50. The monoisotopic (exact) mass is 434 g/mol. The van der Waals surface area contributed by atoms with Gasteiger partial charge in [-0.25, -0.2) is 0 Å². The molecule has 130 valence electrons. The Balaban J connectivity index is 0.00000192. The molecule has 0 radical (unpaired) electrons. The predicted molar refractivity (Wildman–Crippen MR) is 101 cm³/mol. The molecule has 3 heterocycles. The van der Waals surface area contributed by atoms with Crippen molar-refractivity contribution in [3.05, 3.63) is 17.0 Å². The zero-order valence-corrected chi connectivity index (χ0v) is 16.6. The van der Waals surface area contributed by atoms with Crippen LogP contribution in [0.2, 0.25) is 0 Å². The lowest BCUT2D eigenvalue weighted by atomic mass is 9.87. The quantitative estimate of drug-likeness (QED) is 0.449. The summed E-state index contributed by atoms with van der Waals surface area (Å²) in [5.74, 6) is 1.91. The van der Waals surface area contributed by atoms with Crippen LogP contribution in [0, 0.1) is 19.3 Å². The first kappa shape index (κ1) is 18.5. The van der Waals surface area contributed by atoms with E-state index in [0.29, 0.717) is 5.41 Å². The molecule has 23 heavy (non-hydrogen) atoms. The van der Waals surface area contributed by atoms with Crippen molar-refractivity contribution in [1.29, 1.82) is 0 Å². The summed E-state index contributed by atoms with van der Waals surface area (Å²) in [5, 5.41) is 7.48. The van der Waals surface area contributed by atoms with Crippen LogP contribution >= 0.6 is 24.0 Å². The van der Waals surface area contributed by atoms with Gasteiger partial charge < -0.3 is 19.5 Å². The van der Waals surface area contributed by atoms with E-state index in [4.69, 9.17) is 9.26 Å². The highest BCUT2D eigenvalue weighted by molar-refractivity contribution is 14.0. The third-order valence-electron chi connectivity index (χ3n) is 4.97. The van der Waals surface area contributed by atoms with Gasteiger partial charge in [0.25, 0.3) is 0 Å². The van der Waals surface area contributed by atoms with Gasteiger partial charge in [0.15, 0.2) is 5.96 Å². The normalized spacial score (nSPS) is 24.3. The van der Waals surface area contributed by atoms with E-state index >= 15 is 0 Å². The minimum atomic E-state index is 0. The topological polar surface area (TPSA) is 62.9 Å². The molecule has 0 bridgehead atoms. The first-order chi connectivity index (χ1) is 10.6. The largest absolute Gasteiger partial charge is 0.381 e. The summed E-state index contributed by atoms with van der Waals surface area (Å²) >= 11 is 0. The lowest BCUT2D eigenvalue weighted by molar-refractivity contribution is 0.156. The van der Waals surface area contributed by atoms with Crippen molar-refractivity contribution in [1.82, 2.24) is 15.4 Å². The molecule has 1 unspecified atom stereocenters. The van der Waals surface area contributed by atoms with Crippen LogP contribution in [0.3, 0.4) is 0 Å². The number of aromatic nitrogens is 1. The summed E-state index contributed by atoms with van der Waals surface area (Å²) in [6.07, 6.45) is 3.29. The van der Waals surface area contributed by atoms with Crippen molar-refractivity contribution >= 4 is 29.9 Å². The summed E-state index contributed by atoms with van der Waals surface area (Å²) in [7, 11) is 1.86. The van der Waals surface area contributed by atoms with Gasteiger partial charge in [0, 0.05) is 44.3 Å². The number of halogens is 1. The molecule has 7 heteroatoms. The van der Waals surface area contributed by atoms with Crippen LogP contribution in [0.4, 0.5) is 0 Å². The molecule has 0 saturated carbocycles. The van der Waals surface area contributed by atoms with Crippen molar-refractivity contribution in [2.75, 3.05) is 39.9 Å². The highest BCUT2D eigenvalue weighted by Gasteiger charge is 2.42. The maximum absolute atomic E-state index is 5.60. The van der Waals surface area contributed by atoms with Gasteiger partial charge in [-0.3, -0.25) is 4.99 Å². The van der Waals surface area contributed by atoms with Crippen LogP contribution in [0.25, 0.3) is 0 Å². The van der Waals surface area contributed by atoms with Crippen molar-refractivity contribution in [3.63, 3.8) is 0 Å². The van der Waals surface area contributed by atoms with Crippen LogP contribution in [-0.4, -0.2) is 55.9 Å². The van der Waals surface area contributed by atoms with Crippen molar-refractivity contribution in [3.8, 4) is 0 Å². The summed E-state index contributed by atoms with van der Waals surface area (Å²) in [6.45, 7) is 8.73. The Morgan fingerprint density at radius 2 is 2.22 bits per heavy atom. The minimum Gasteiger partial charge on any atom is -0.381 e. The second-order valence-electron chi connectivity index (χ2n) is 6.50. The van der Waals surface area contributed by atoms with E-state index in [0.717, 1.165) is 56.7 Å². The highest BCUT2D eigenvalue weighted by atomic mass is 127. The fraction of sp³-hybridized carbons (Fsp3) is 0.750. The van der Waals surface area contributed by atoms with Crippen LogP contribution < -0.4 is 5.32 Å². The summed E-state index contributed by atoms with van der Waals surface area (Å²) in [6, 6.07) is 0. The standard InChI is InChI=1S/C16H26N4O2.HI/c1-12-14(13(2)22-19-12)4-7-18-15(17-3)20-8-5-16(10-20)6-9-21-11-16;/h4-11H2,1-3H3,(H,17,18);1H. The summed E-state index contributed by atoms with van der Waals surface area (Å²) in [5.41, 5.74) is 2.54. The van der Waals surface area contributed by atoms with Crippen LogP contribution in [0.1, 0.15) is 29.9 Å². The number of aliphatic imine (C=N–C) groups is 1. The average Bonchev–Trinajstić information content (AvgIpc) is 3.22. The second kappa shape index (κ2) is 7.83. The number of hydrogen-bond acceptors (Lipinski definition) is 4. The molecule has 1 spiro atoms. The molecule has 1 aromatic rings. The first-order valence-electron chi connectivity index (χ1n) is 8.09. The highest BCUT2D eigenvalue weighted by Crippen LogP contribution is 2.38. The Labute approximate surface area is 155 Å². The van der Waals surface area contributed by atoms with Gasteiger partial charge in [0.2, 0.25) is 0 Å². The molecule has 1 N–H and O–H groups in total. The Morgan fingerprint density at radius 3 is 2.83 bits per heavy atom. The van der Waals surface area contributed by atoms with Gasteiger partial charge in [-0.1, -0.05) is 5.16 Å². The first-order valence-corrected chi connectivity index (χ1v) is 8.09. The minimum absolute atomic E-state index is 0. The number of likely N-dealkylation sites (tertiary alicyclic amines) is 1. The van der Waals surface area contributed by atoms with E-state index in [-0.39, 0.29) is 24.0 Å². The number of nitrogens with zero attached hydrogens (tertiary/aromatic N) is 3. The lowest BCUT2D eigenvalue weighted by Crippen LogP contribution is -2.42. The van der Waals surface area contributed by atoms with E-state index in [1.54, 1.807) is 0 Å². The van der Waals surface area contributed by atoms with Crippen LogP contribution in [0.15, 0.2) is 9.52 Å². The molecule has 3 rings (SSSR count). The number of guanidine groups is 1. The van der Waals surface area contributed by atoms with Gasteiger partial charge in [0.1, 0.15) is 5.76 Å². The molecule has 2 saturated heterocycles. The average molecular weight is 434 g/mol. The van der Waals surface area contributed by atoms with Crippen molar-refractivity contribution < 1.29 is 9.26 Å². The molecule has 0 amide bonds. The van der Waals surface area contributed by atoms with E-state index in [2.05, 4.69) is 20.4 Å². The Hall–Kier alpha value is -0.830. The number of ether oxygens (including phenoxy) is 1. The van der Waals surface area contributed by atoms with E-state index in [1.165, 1.54) is 18.4 Å². The molecular formula is C16H27IN4O2. The number of rotatable bonds is 3. The molecule has 0 aromatic carbocycles. The smallest absolute Gasteiger partial charge is 0.193 e. The molecule has 0 aliphatic carbocycles. The SMILES string of the molecule is CN=C(NCCc1c(C)noc1C)N1CCC2(CCOC2)C1.I. The molecule has 1 aromatic heterocycles. The molecule has 2 aliphatic heterocycles. The summed E-state index contributed by atoms with van der Waals surface area (Å²) in [4.78, 5) is 6.80. The number of nitrogens with one attached hydrogen (secondary N) is 1. The van der Waals surface area contributed by atoms with Gasteiger partial charge in [-0.05, 0) is 33.1 Å². The number of hydrogen-bond donors (Lipinski definition) is 1. The van der Waals surface area contributed by atoms with E-state index < -0.39 is 0 Å². The number of aryl methyl sites for hydroxylation is 2. The van der Waals surface area contributed by atoms with Crippen LogP contribution in [0.5, 0.6) is 0 Å². The molecular weight excluding hydrogens is 407 g/mol. The molecule has 6 nitrogen and oxygen atoms in total. The van der Waals surface area contributed by atoms with E-state index in [9.17, 15) is 0 Å². The maximum atomic E-state index is 5.60. The Kier molecular flexibility index (Phi) is 6.30. The molecule has 1 atom stereocenters. The summed E-state index contributed by atoms with van der Waals surface area (Å²) < 4.78 is 10.8. The zero-order valence-electron chi connectivity index (χ0n) is 14.2. The molecule has 2 fully saturated rings. The van der Waals surface area contributed by atoms with Gasteiger partial charge >= 0.3 is 0 Å². The van der Waals surface area contributed by atoms with Crippen molar-refractivity contribution in [2.24, 2.45) is 10.4 Å². The zero-order chi connectivity index (χ0) is 15.6. The lowest BCUT2D eigenvalue weighted by Gasteiger charge is -2.24. The fourth-order valence-electron chi connectivity index (χ4n) is 3.58. The third kappa shape index (κ3) is 3.99. The molecule has 2 aliphatic rings. The van der Waals surface area contributed by atoms with Gasteiger partial charge in [-0.15, -0.1) is 24.0 Å². The third-order valence-corrected chi connectivity index (χ3v) is 4.97. The van der Waals surface area contributed by atoms with Crippen molar-refractivity contribution in [2.45, 2.75) is 33.1 Å². The maximum Gasteiger partial charge on any atom is 0.193 e. The van der Waals surface area contributed by atoms with Gasteiger partial charge in [-0.2, -0.15) is 0 Å².